The van der Waals surface area contributed by atoms with Gasteiger partial charge in [0.2, 0.25) is 0 Å². The van der Waals surface area contributed by atoms with Gasteiger partial charge in [-0.15, -0.1) is 0 Å². The molecule has 0 saturated heterocycles. The molecule has 1 saturated carbocycles. The zero-order valence-corrected chi connectivity index (χ0v) is 6.50. The van der Waals surface area contributed by atoms with Gasteiger partial charge in [-0.1, -0.05) is 0 Å². The van der Waals surface area contributed by atoms with E-state index in [4.69, 9.17) is 5.21 Å². The van der Waals surface area contributed by atoms with E-state index in [0.717, 1.165) is 0 Å². The summed E-state index contributed by atoms with van der Waals surface area (Å²) in [7, 11) is 0. The van der Waals surface area contributed by atoms with Gasteiger partial charge in [0, 0.05) is 12.5 Å². The van der Waals surface area contributed by atoms with E-state index in [2.05, 4.69) is 5.48 Å². The van der Waals surface area contributed by atoms with Crippen LogP contribution in [0.25, 0.3) is 0 Å². The summed E-state index contributed by atoms with van der Waals surface area (Å²) in [6.45, 7) is 1.37. The lowest BCUT2D eigenvalue weighted by Crippen LogP contribution is -2.36. The topological polar surface area (TPSA) is 69.6 Å². The van der Waals surface area contributed by atoms with Crippen molar-refractivity contribution in [3.05, 3.63) is 0 Å². The molecule has 4 heteroatoms. The summed E-state index contributed by atoms with van der Waals surface area (Å²) in [5, 5.41) is 18.1. The maximum Gasteiger partial charge on any atom is 0.161 e. The SMILES string of the molecule is CC(=O)C1(O)CCC(NO)C1. The number of nitrogens with one attached hydrogen (secondary N) is 1. The summed E-state index contributed by atoms with van der Waals surface area (Å²) in [5.74, 6) is -0.213. The lowest BCUT2D eigenvalue weighted by molar-refractivity contribution is -0.134. The van der Waals surface area contributed by atoms with E-state index >= 15 is 0 Å². The molecule has 4 nitrogen and oxygen atoms in total. The predicted octanol–water partition coefficient (Wildman–Crippen LogP) is -0.162. The van der Waals surface area contributed by atoms with Gasteiger partial charge in [0.25, 0.3) is 0 Å². The summed E-state index contributed by atoms with van der Waals surface area (Å²) in [5.41, 5.74) is 0.868. The number of hydroxylamine groups is 1. The Morgan fingerprint density at radius 2 is 2.36 bits per heavy atom. The third-order valence-corrected chi connectivity index (χ3v) is 2.33. The lowest BCUT2D eigenvalue weighted by atomic mass is 9.98. The molecule has 0 spiro atoms. The van der Waals surface area contributed by atoms with Gasteiger partial charge in [-0.05, 0) is 19.8 Å². The second kappa shape index (κ2) is 2.89. The van der Waals surface area contributed by atoms with Crippen molar-refractivity contribution in [2.75, 3.05) is 0 Å². The number of rotatable bonds is 2. The third-order valence-electron chi connectivity index (χ3n) is 2.33. The van der Waals surface area contributed by atoms with Gasteiger partial charge < -0.3 is 10.3 Å². The van der Waals surface area contributed by atoms with Crippen LogP contribution in [0.5, 0.6) is 0 Å². The highest BCUT2D eigenvalue weighted by Gasteiger charge is 2.40. The number of ketones is 1. The number of hydrogen-bond donors (Lipinski definition) is 3. The van der Waals surface area contributed by atoms with Crippen LogP contribution in [0.4, 0.5) is 0 Å². The van der Waals surface area contributed by atoms with E-state index in [9.17, 15) is 9.90 Å². The van der Waals surface area contributed by atoms with Crippen LogP contribution in [0, 0.1) is 0 Å². The minimum absolute atomic E-state index is 0.135. The number of Topliss-reactive ketones (excluding diaryl/α,β-unsaturated/α-hetero) is 1. The standard InChI is InChI=1S/C7H13NO3/c1-5(9)7(10)3-2-6(4-7)8-11/h6,8,10-11H,2-4H2,1H3. The smallest absolute Gasteiger partial charge is 0.161 e. The summed E-state index contributed by atoms with van der Waals surface area (Å²) in [6.07, 6.45) is 1.41. The first-order valence-electron chi connectivity index (χ1n) is 3.71. The highest BCUT2D eigenvalue weighted by molar-refractivity contribution is 5.85. The van der Waals surface area contributed by atoms with Gasteiger partial charge in [0.1, 0.15) is 5.60 Å². The molecule has 0 aliphatic heterocycles. The molecule has 0 aromatic rings. The average molecular weight is 159 g/mol. The predicted molar refractivity (Wildman–Crippen MR) is 38.2 cm³/mol. The van der Waals surface area contributed by atoms with Crippen LogP contribution in [0.3, 0.4) is 0 Å². The Labute approximate surface area is 65.2 Å². The average Bonchev–Trinajstić information content (AvgIpc) is 2.33. The van der Waals surface area contributed by atoms with Gasteiger partial charge in [-0.3, -0.25) is 4.79 Å². The molecular formula is C7H13NO3. The fourth-order valence-corrected chi connectivity index (χ4v) is 1.45. The maximum atomic E-state index is 10.9. The van der Waals surface area contributed by atoms with Gasteiger partial charge in [0.05, 0.1) is 0 Å². The molecule has 1 rings (SSSR count). The molecule has 64 valence electrons. The molecule has 1 aliphatic rings. The van der Waals surface area contributed by atoms with Gasteiger partial charge in [-0.25, -0.2) is 5.48 Å². The number of carbonyl (C=O) groups excluding carboxylic acids is 1. The summed E-state index contributed by atoms with van der Waals surface area (Å²) in [4.78, 5) is 10.9. The van der Waals surface area contributed by atoms with Gasteiger partial charge >= 0.3 is 0 Å². The summed E-state index contributed by atoms with van der Waals surface area (Å²) < 4.78 is 0. The zero-order chi connectivity index (χ0) is 8.48. The van der Waals surface area contributed by atoms with Gasteiger partial charge in [0.15, 0.2) is 5.78 Å². The molecule has 0 amide bonds. The van der Waals surface area contributed by atoms with E-state index in [-0.39, 0.29) is 11.8 Å². The molecular weight excluding hydrogens is 146 g/mol. The summed E-state index contributed by atoms with van der Waals surface area (Å²) in [6, 6.07) is -0.135. The molecule has 0 bridgehead atoms. The molecule has 3 N–H and O–H groups in total. The second-order valence-electron chi connectivity index (χ2n) is 3.16. The van der Waals surface area contributed by atoms with Crippen LogP contribution >= 0.6 is 0 Å². The van der Waals surface area contributed by atoms with Crippen LogP contribution in [0.15, 0.2) is 0 Å². The highest BCUT2D eigenvalue weighted by atomic mass is 16.5. The van der Waals surface area contributed by atoms with Crippen molar-refractivity contribution in [3.8, 4) is 0 Å². The van der Waals surface area contributed by atoms with Gasteiger partial charge in [-0.2, -0.15) is 0 Å². The van der Waals surface area contributed by atoms with Crippen molar-refractivity contribution >= 4 is 5.78 Å². The van der Waals surface area contributed by atoms with Crippen LogP contribution < -0.4 is 5.48 Å². The molecule has 1 aliphatic carbocycles. The quantitative estimate of drug-likeness (QED) is 0.489. The number of carbonyl (C=O) groups is 1. The van der Waals surface area contributed by atoms with Crippen LogP contribution in [-0.4, -0.2) is 27.7 Å². The van der Waals surface area contributed by atoms with Crippen LogP contribution in [0.2, 0.25) is 0 Å². The van der Waals surface area contributed by atoms with Crippen molar-refractivity contribution in [3.63, 3.8) is 0 Å². The van der Waals surface area contributed by atoms with E-state index in [0.29, 0.717) is 19.3 Å². The van der Waals surface area contributed by atoms with Crippen LogP contribution in [0.1, 0.15) is 26.2 Å². The normalized spacial score (nSPS) is 37.5. The second-order valence-corrected chi connectivity index (χ2v) is 3.16. The largest absolute Gasteiger partial charge is 0.382 e. The van der Waals surface area contributed by atoms with Crippen molar-refractivity contribution < 1.29 is 15.1 Å². The molecule has 0 radical (unpaired) electrons. The molecule has 0 aromatic carbocycles. The summed E-state index contributed by atoms with van der Waals surface area (Å²) >= 11 is 0. The van der Waals surface area contributed by atoms with Crippen molar-refractivity contribution in [1.29, 1.82) is 0 Å². The Hall–Kier alpha value is -0.450. The molecule has 11 heavy (non-hydrogen) atoms. The first-order valence-corrected chi connectivity index (χ1v) is 3.71. The Kier molecular flexibility index (Phi) is 2.27. The first-order chi connectivity index (χ1) is 5.08. The van der Waals surface area contributed by atoms with Crippen molar-refractivity contribution in [2.24, 2.45) is 0 Å². The van der Waals surface area contributed by atoms with E-state index in [1.807, 2.05) is 0 Å². The Morgan fingerprint density at radius 1 is 1.73 bits per heavy atom. The molecule has 0 heterocycles. The van der Waals surface area contributed by atoms with E-state index in [1.165, 1.54) is 6.92 Å². The van der Waals surface area contributed by atoms with Crippen molar-refractivity contribution in [1.82, 2.24) is 5.48 Å². The minimum atomic E-state index is -1.19. The Balaban J connectivity index is 2.57. The Morgan fingerprint density at radius 3 is 2.64 bits per heavy atom. The third kappa shape index (κ3) is 1.58. The number of hydrogen-bond acceptors (Lipinski definition) is 4. The monoisotopic (exact) mass is 159 g/mol. The minimum Gasteiger partial charge on any atom is -0.382 e. The van der Waals surface area contributed by atoms with E-state index in [1.54, 1.807) is 0 Å². The van der Waals surface area contributed by atoms with Crippen LogP contribution in [-0.2, 0) is 4.79 Å². The molecule has 0 aromatic heterocycles. The van der Waals surface area contributed by atoms with Crippen molar-refractivity contribution in [2.45, 2.75) is 37.8 Å². The molecule has 1 fully saturated rings. The number of aliphatic hydroxyl groups is 1. The van der Waals surface area contributed by atoms with E-state index < -0.39 is 5.60 Å². The molecule has 2 atom stereocenters. The molecule has 2 unspecified atom stereocenters. The zero-order valence-electron chi connectivity index (χ0n) is 6.50. The fraction of sp³-hybridized carbons (Fsp3) is 0.857. The Bertz CT molecular complexity index is 171. The first kappa shape index (κ1) is 8.64. The maximum absolute atomic E-state index is 10.9. The highest BCUT2D eigenvalue weighted by Crippen LogP contribution is 2.30. The lowest BCUT2D eigenvalue weighted by Gasteiger charge is -2.18. The fourth-order valence-electron chi connectivity index (χ4n) is 1.45.